The van der Waals surface area contributed by atoms with E-state index in [1.165, 1.54) is 12.8 Å². The summed E-state index contributed by atoms with van der Waals surface area (Å²) in [6.07, 6.45) is 4.46. The zero-order valence-electron chi connectivity index (χ0n) is 11.9. The number of nitrogens with zero attached hydrogens (tertiary/aromatic N) is 2. The number of rotatable bonds is 7. The van der Waals surface area contributed by atoms with Crippen molar-refractivity contribution in [3.05, 3.63) is 16.0 Å². The van der Waals surface area contributed by atoms with Gasteiger partial charge in [0.25, 0.3) is 0 Å². The predicted octanol–water partition coefficient (Wildman–Crippen LogP) is 4.04. The second kappa shape index (κ2) is 6.66. The maximum absolute atomic E-state index is 5.54. The maximum Gasteiger partial charge on any atom is 0.159 e. The van der Waals surface area contributed by atoms with Crippen LogP contribution in [-0.4, -0.2) is 23.6 Å². The van der Waals surface area contributed by atoms with Gasteiger partial charge >= 0.3 is 0 Å². The maximum atomic E-state index is 5.54. The molecule has 0 radical (unpaired) electrons. The van der Waals surface area contributed by atoms with Gasteiger partial charge in [0.05, 0.1) is 10.2 Å². The van der Waals surface area contributed by atoms with E-state index in [0.29, 0.717) is 5.92 Å². The molecule has 0 bridgehead atoms. The molecule has 0 spiro atoms. The van der Waals surface area contributed by atoms with Crippen molar-refractivity contribution in [2.75, 3.05) is 19.0 Å². The molecule has 1 atom stereocenters. The van der Waals surface area contributed by atoms with Gasteiger partial charge in [0, 0.05) is 19.6 Å². The van der Waals surface area contributed by atoms with Crippen LogP contribution in [0.1, 0.15) is 63.1 Å². The lowest BCUT2D eigenvalue weighted by atomic mass is 10.2. The van der Waals surface area contributed by atoms with Gasteiger partial charge < -0.3 is 10.1 Å². The fraction of sp³-hybridized carbons (Fsp3) is 0.714. The minimum absolute atomic E-state index is 0.00648. The van der Waals surface area contributed by atoms with Crippen molar-refractivity contribution in [1.82, 2.24) is 9.97 Å². The second-order valence-electron chi connectivity index (χ2n) is 4.95. The van der Waals surface area contributed by atoms with E-state index < -0.39 is 0 Å². The largest absolute Gasteiger partial charge is 0.373 e. The topological polar surface area (TPSA) is 47.0 Å². The number of ether oxygens (including phenoxy) is 1. The Labute approximate surface area is 123 Å². The average molecular weight is 328 g/mol. The van der Waals surface area contributed by atoms with Crippen molar-refractivity contribution in [3.8, 4) is 0 Å². The van der Waals surface area contributed by atoms with Gasteiger partial charge in [-0.2, -0.15) is 0 Å². The first kappa shape index (κ1) is 14.7. The Bertz CT molecular complexity index is 435. The van der Waals surface area contributed by atoms with E-state index in [4.69, 9.17) is 9.72 Å². The summed E-state index contributed by atoms with van der Waals surface area (Å²) in [6, 6.07) is 0. The summed E-state index contributed by atoms with van der Waals surface area (Å²) in [5.74, 6) is 2.30. The molecule has 1 N–H and O–H groups in total. The third-order valence-electron chi connectivity index (χ3n) is 3.33. The van der Waals surface area contributed by atoms with Crippen LogP contribution in [0.25, 0.3) is 0 Å². The van der Waals surface area contributed by atoms with Crippen LogP contribution in [0.15, 0.2) is 4.47 Å². The molecule has 0 aliphatic heterocycles. The summed E-state index contributed by atoms with van der Waals surface area (Å²) in [7, 11) is 1.73. The van der Waals surface area contributed by atoms with Crippen molar-refractivity contribution in [2.45, 2.75) is 51.6 Å². The molecule has 0 saturated heterocycles. The summed E-state index contributed by atoms with van der Waals surface area (Å²) >= 11 is 3.64. The fourth-order valence-electron chi connectivity index (χ4n) is 2.15. The Kier molecular flexibility index (Phi) is 5.16. The van der Waals surface area contributed by atoms with Crippen molar-refractivity contribution in [1.29, 1.82) is 0 Å². The van der Waals surface area contributed by atoms with E-state index in [-0.39, 0.29) is 6.10 Å². The van der Waals surface area contributed by atoms with Crippen molar-refractivity contribution >= 4 is 21.7 Å². The Morgan fingerprint density at radius 2 is 2.11 bits per heavy atom. The standard InChI is InChI=1S/C14H22BrN3O/c1-4-6-10(19-3)13-17-12(9-7-8-9)11(15)14(18-13)16-5-2/h9-10H,4-8H2,1-3H3,(H,16,17,18). The van der Waals surface area contributed by atoms with Crippen LogP contribution in [0.5, 0.6) is 0 Å². The van der Waals surface area contributed by atoms with E-state index in [9.17, 15) is 0 Å². The predicted molar refractivity (Wildman–Crippen MR) is 80.5 cm³/mol. The minimum Gasteiger partial charge on any atom is -0.373 e. The highest BCUT2D eigenvalue weighted by Gasteiger charge is 2.30. The number of aromatic nitrogens is 2. The molecule has 4 nitrogen and oxygen atoms in total. The third kappa shape index (κ3) is 3.45. The summed E-state index contributed by atoms with van der Waals surface area (Å²) in [6.45, 7) is 5.08. The number of anilines is 1. The molecule has 1 aliphatic carbocycles. The normalized spacial score (nSPS) is 16.4. The zero-order chi connectivity index (χ0) is 13.8. The quantitative estimate of drug-likeness (QED) is 0.821. The first-order valence-corrected chi connectivity index (χ1v) is 7.84. The lowest BCUT2D eigenvalue weighted by Gasteiger charge is -2.17. The van der Waals surface area contributed by atoms with E-state index >= 15 is 0 Å². The molecule has 1 fully saturated rings. The molecular formula is C14H22BrN3O. The highest BCUT2D eigenvalue weighted by Crippen LogP contribution is 2.44. The molecule has 0 amide bonds. The fourth-order valence-corrected chi connectivity index (χ4v) is 2.79. The molecule has 1 aromatic rings. The van der Waals surface area contributed by atoms with Gasteiger partial charge in [0.15, 0.2) is 5.82 Å². The van der Waals surface area contributed by atoms with Crippen molar-refractivity contribution in [3.63, 3.8) is 0 Å². The van der Waals surface area contributed by atoms with Gasteiger partial charge in [-0.1, -0.05) is 13.3 Å². The Hall–Kier alpha value is -0.680. The van der Waals surface area contributed by atoms with E-state index in [1.54, 1.807) is 7.11 Å². The molecular weight excluding hydrogens is 306 g/mol. The number of hydrogen-bond acceptors (Lipinski definition) is 4. The van der Waals surface area contributed by atoms with Crippen LogP contribution in [-0.2, 0) is 4.74 Å². The number of nitrogens with one attached hydrogen (secondary N) is 1. The molecule has 106 valence electrons. The molecule has 19 heavy (non-hydrogen) atoms. The first-order valence-electron chi connectivity index (χ1n) is 7.05. The van der Waals surface area contributed by atoms with Gasteiger partial charge in [0.1, 0.15) is 11.9 Å². The SMILES string of the molecule is CCCC(OC)c1nc(NCC)c(Br)c(C2CC2)n1. The average Bonchev–Trinajstić information content (AvgIpc) is 3.23. The third-order valence-corrected chi connectivity index (χ3v) is 4.11. The lowest BCUT2D eigenvalue weighted by Crippen LogP contribution is -2.12. The summed E-state index contributed by atoms with van der Waals surface area (Å²) in [4.78, 5) is 9.37. The molecule has 1 aromatic heterocycles. The summed E-state index contributed by atoms with van der Waals surface area (Å²) < 4.78 is 6.56. The van der Waals surface area contributed by atoms with E-state index in [0.717, 1.165) is 41.2 Å². The highest BCUT2D eigenvalue weighted by atomic mass is 79.9. The second-order valence-corrected chi connectivity index (χ2v) is 5.74. The van der Waals surface area contributed by atoms with Crippen LogP contribution in [0.2, 0.25) is 0 Å². The van der Waals surface area contributed by atoms with Crippen LogP contribution in [0.4, 0.5) is 5.82 Å². The smallest absolute Gasteiger partial charge is 0.159 e. The van der Waals surface area contributed by atoms with Gasteiger partial charge in [0.2, 0.25) is 0 Å². The summed E-state index contributed by atoms with van der Waals surface area (Å²) in [5.41, 5.74) is 1.14. The van der Waals surface area contributed by atoms with Crippen LogP contribution >= 0.6 is 15.9 Å². The zero-order valence-corrected chi connectivity index (χ0v) is 13.5. The Balaban J connectivity index is 2.36. The number of hydrogen-bond donors (Lipinski definition) is 1. The number of halogens is 1. The molecule has 1 aliphatic rings. The van der Waals surface area contributed by atoms with Gasteiger partial charge in [-0.25, -0.2) is 9.97 Å². The van der Waals surface area contributed by atoms with Gasteiger partial charge in [-0.15, -0.1) is 0 Å². The van der Waals surface area contributed by atoms with Crippen LogP contribution in [0, 0.1) is 0 Å². The molecule has 2 rings (SSSR count). The van der Waals surface area contributed by atoms with Gasteiger partial charge in [-0.05, 0) is 42.1 Å². The van der Waals surface area contributed by atoms with Crippen molar-refractivity contribution in [2.24, 2.45) is 0 Å². The summed E-state index contributed by atoms with van der Waals surface area (Å²) in [5, 5.41) is 3.31. The van der Waals surface area contributed by atoms with E-state index in [1.807, 2.05) is 0 Å². The van der Waals surface area contributed by atoms with Crippen LogP contribution < -0.4 is 5.32 Å². The molecule has 0 aromatic carbocycles. The minimum atomic E-state index is -0.00648. The molecule has 1 heterocycles. The first-order chi connectivity index (χ1) is 9.21. The monoisotopic (exact) mass is 327 g/mol. The van der Waals surface area contributed by atoms with Crippen LogP contribution in [0.3, 0.4) is 0 Å². The Morgan fingerprint density at radius 1 is 1.37 bits per heavy atom. The van der Waals surface area contributed by atoms with Gasteiger partial charge in [-0.3, -0.25) is 0 Å². The molecule has 1 unspecified atom stereocenters. The molecule has 1 saturated carbocycles. The lowest BCUT2D eigenvalue weighted by molar-refractivity contribution is 0.0875. The highest BCUT2D eigenvalue weighted by molar-refractivity contribution is 9.10. The van der Waals surface area contributed by atoms with Crippen molar-refractivity contribution < 1.29 is 4.74 Å². The van der Waals surface area contributed by atoms with E-state index in [2.05, 4.69) is 40.1 Å². The molecule has 5 heteroatoms. The number of methoxy groups -OCH3 is 1. The Morgan fingerprint density at radius 3 is 2.63 bits per heavy atom.